The predicted molar refractivity (Wildman–Crippen MR) is 71.7 cm³/mol. The number of hydrogen-bond donors (Lipinski definition) is 2. The highest BCUT2D eigenvalue weighted by atomic mass is 16.5. The van der Waals surface area contributed by atoms with E-state index in [0.717, 1.165) is 0 Å². The molecule has 0 bridgehead atoms. The van der Waals surface area contributed by atoms with Crippen LogP contribution in [0, 0.1) is 0 Å². The van der Waals surface area contributed by atoms with Crippen molar-refractivity contribution < 1.29 is 9.53 Å². The number of hydrogen-bond acceptors (Lipinski definition) is 5. The van der Waals surface area contributed by atoms with Crippen molar-refractivity contribution in [2.24, 2.45) is 5.73 Å². The fourth-order valence-corrected chi connectivity index (χ4v) is 1.81. The summed E-state index contributed by atoms with van der Waals surface area (Å²) in [7, 11) is 1.57. The average molecular weight is 260 g/mol. The average Bonchev–Trinajstić information content (AvgIpc) is 2.46. The van der Waals surface area contributed by atoms with E-state index in [9.17, 15) is 4.79 Å². The molecule has 6 nitrogen and oxygen atoms in total. The number of rotatable bonds is 5. The first-order valence-corrected chi connectivity index (χ1v) is 5.96. The number of carbonyl (C=O) groups is 1. The molecule has 2 aromatic rings. The number of nitrogens with two attached hydrogens (primary N) is 1. The van der Waals surface area contributed by atoms with Crippen molar-refractivity contribution in [3.8, 4) is 0 Å². The summed E-state index contributed by atoms with van der Waals surface area (Å²) in [4.78, 5) is 20.6. The summed E-state index contributed by atoms with van der Waals surface area (Å²) in [6.45, 7) is 0.689. The van der Waals surface area contributed by atoms with E-state index in [1.807, 2.05) is 6.07 Å². The summed E-state index contributed by atoms with van der Waals surface area (Å²) in [5.41, 5.74) is 7.33. The highest BCUT2D eigenvalue weighted by Crippen LogP contribution is 2.13. The van der Waals surface area contributed by atoms with E-state index in [4.69, 9.17) is 10.5 Å². The Bertz CT molecular complexity index is 568. The van der Waals surface area contributed by atoms with Crippen LogP contribution in [0.2, 0.25) is 0 Å². The molecule has 1 amide bonds. The normalized spacial score (nSPS) is 12.3. The monoisotopic (exact) mass is 260 g/mol. The Morgan fingerprint density at radius 3 is 2.95 bits per heavy atom. The molecule has 3 N–H and O–H groups in total. The molecule has 1 aromatic heterocycles. The van der Waals surface area contributed by atoms with Crippen molar-refractivity contribution >= 4 is 16.9 Å². The molecule has 0 aliphatic heterocycles. The van der Waals surface area contributed by atoms with Crippen molar-refractivity contribution in [3.05, 3.63) is 36.2 Å². The molecule has 2 rings (SSSR count). The lowest BCUT2D eigenvalue weighted by molar-refractivity contribution is 0.0902. The van der Waals surface area contributed by atoms with E-state index < -0.39 is 0 Å². The number of ether oxygens (including phenoxy) is 1. The number of para-hydroxylation sites is 1. The van der Waals surface area contributed by atoms with Gasteiger partial charge in [-0.05, 0) is 12.1 Å². The maximum absolute atomic E-state index is 12.2. The second kappa shape index (κ2) is 6.21. The van der Waals surface area contributed by atoms with Crippen LogP contribution in [0.1, 0.15) is 10.4 Å². The quantitative estimate of drug-likeness (QED) is 0.808. The van der Waals surface area contributed by atoms with Gasteiger partial charge in [-0.1, -0.05) is 6.07 Å². The van der Waals surface area contributed by atoms with Crippen LogP contribution in [0.4, 0.5) is 0 Å². The molecule has 1 heterocycles. The van der Waals surface area contributed by atoms with E-state index in [1.54, 1.807) is 31.6 Å². The van der Waals surface area contributed by atoms with Crippen LogP contribution in [0.25, 0.3) is 11.0 Å². The lowest BCUT2D eigenvalue weighted by Gasteiger charge is -2.16. The summed E-state index contributed by atoms with van der Waals surface area (Å²) in [6, 6.07) is 5.09. The zero-order chi connectivity index (χ0) is 13.7. The summed E-state index contributed by atoms with van der Waals surface area (Å²) < 4.78 is 5.00. The Balaban J connectivity index is 2.26. The number of benzene rings is 1. The Morgan fingerprint density at radius 2 is 2.21 bits per heavy atom. The molecule has 1 atom stereocenters. The number of fused-ring (bicyclic) bond motifs is 1. The fourth-order valence-electron chi connectivity index (χ4n) is 1.81. The molecule has 0 radical (unpaired) electrons. The van der Waals surface area contributed by atoms with E-state index in [0.29, 0.717) is 29.7 Å². The lowest BCUT2D eigenvalue weighted by atomic mass is 10.1. The zero-order valence-corrected chi connectivity index (χ0v) is 10.7. The minimum atomic E-state index is -0.224. The third-order valence-electron chi connectivity index (χ3n) is 2.73. The summed E-state index contributed by atoms with van der Waals surface area (Å²) in [6.07, 6.45) is 3.16. The van der Waals surface area contributed by atoms with Gasteiger partial charge in [-0.25, -0.2) is 0 Å². The van der Waals surface area contributed by atoms with Crippen molar-refractivity contribution in [2.45, 2.75) is 6.04 Å². The van der Waals surface area contributed by atoms with Crippen LogP contribution < -0.4 is 11.1 Å². The Labute approximate surface area is 111 Å². The van der Waals surface area contributed by atoms with Gasteiger partial charge in [0.1, 0.15) is 5.52 Å². The van der Waals surface area contributed by atoms with Crippen molar-refractivity contribution in [2.75, 3.05) is 20.3 Å². The van der Waals surface area contributed by atoms with Crippen molar-refractivity contribution in [1.82, 2.24) is 15.3 Å². The minimum Gasteiger partial charge on any atom is -0.383 e. The summed E-state index contributed by atoms with van der Waals surface area (Å²) in [5.74, 6) is -0.224. The van der Waals surface area contributed by atoms with Crippen LogP contribution in [-0.2, 0) is 4.74 Å². The number of aromatic nitrogens is 2. The standard InChI is InChI=1S/C13H16N4O2/c1-19-8-9(7-14)17-13(18)10-3-2-4-11-12(10)16-6-5-15-11/h2-6,9H,7-8,14H2,1H3,(H,17,18). The molecular formula is C13H16N4O2. The molecular weight excluding hydrogens is 244 g/mol. The SMILES string of the molecule is COCC(CN)NC(=O)c1cccc2nccnc12. The van der Waals surface area contributed by atoms with Gasteiger partial charge in [0.2, 0.25) is 0 Å². The molecule has 1 unspecified atom stereocenters. The van der Waals surface area contributed by atoms with Crippen LogP contribution in [-0.4, -0.2) is 42.2 Å². The Hall–Kier alpha value is -2.05. The smallest absolute Gasteiger partial charge is 0.253 e. The van der Waals surface area contributed by atoms with E-state index >= 15 is 0 Å². The predicted octanol–water partition coefficient (Wildman–Crippen LogP) is 0.333. The highest BCUT2D eigenvalue weighted by molar-refractivity contribution is 6.04. The van der Waals surface area contributed by atoms with Gasteiger partial charge in [0, 0.05) is 26.0 Å². The first-order valence-electron chi connectivity index (χ1n) is 5.96. The zero-order valence-electron chi connectivity index (χ0n) is 10.7. The Morgan fingerprint density at radius 1 is 1.42 bits per heavy atom. The third kappa shape index (κ3) is 3.04. The van der Waals surface area contributed by atoms with Crippen LogP contribution in [0.3, 0.4) is 0 Å². The number of nitrogens with zero attached hydrogens (tertiary/aromatic N) is 2. The summed E-state index contributed by atoms with van der Waals surface area (Å²) in [5, 5.41) is 2.82. The topological polar surface area (TPSA) is 90.1 Å². The Kier molecular flexibility index (Phi) is 4.38. The molecule has 100 valence electrons. The first-order chi connectivity index (χ1) is 9.26. The molecule has 0 spiro atoms. The second-order valence-corrected chi connectivity index (χ2v) is 4.09. The number of carbonyl (C=O) groups excluding carboxylic acids is 1. The second-order valence-electron chi connectivity index (χ2n) is 4.09. The number of methoxy groups -OCH3 is 1. The molecule has 0 fully saturated rings. The molecule has 0 aliphatic rings. The molecule has 1 aromatic carbocycles. The minimum absolute atomic E-state index is 0.218. The van der Waals surface area contributed by atoms with Gasteiger partial charge >= 0.3 is 0 Å². The van der Waals surface area contributed by atoms with E-state index in [1.165, 1.54) is 0 Å². The fraction of sp³-hybridized carbons (Fsp3) is 0.308. The molecule has 19 heavy (non-hydrogen) atoms. The number of amides is 1. The van der Waals surface area contributed by atoms with Gasteiger partial charge in [-0.3, -0.25) is 14.8 Å². The van der Waals surface area contributed by atoms with Crippen molar-refractivity contribution in [1.29, 1.82) is 0 Å². The maximum Gasteiger partial charge on any atom is 0.253 e. The summed E-state index contributed by atoms with van der Waals surface area (Å²) >= 11 is 0. The van der Waals surface area contributed by atoms with Gasteiger partial charge in [-0.2, -0.15) is 0 Å². The highest BCUT2D eigenvalue weighted by Gasteiger charge is 2.15. The molecule has 0 saturated carbocycles. The van der Waals surface area contributed by atoms with E-state index in [2.05, 4.69) is 15.3 Å². The van der Waals surface area contributed by atoms with Gasteiger partial charge in [0.25, 0.3) is 5.91 Å². The first kappa shape index (κ1) is 13.4. The van der Waals surface area contributed by atoms with Crippen LogP contribution >= 0.6 is 0 Å². The van der Waals surface area contributed by atoms with Gasteiger partial charge in [0.05, 0.1) is 23.7 Å². The van der Waals surface area contributed by atoms with Crippen LogP contribution in [0.15, 0.2) is 30.6 Å². The van der Waals surface area contributed by atoms with Crippen LogP contribution in [0.5, 0.6) is 0 Å². The largest absolute Gasteiger partial charge is 0.383 e. The maximum atomic E-state index is 12.2. The van der Waals surface area contributed by atoms with Gasteiger partial charge < -0.3 is 15.8 Å². The molecule has 6 heteroatoms. The number of nitrogens with one attached hydrogen (secondary N) is 1. The molecule has 0 saturated heterocycles. The van der Waals surface area contributed by atoms with Gasteiger partial charge in [-0.15, -0.1) is 0 Å². The molecule has 0 aliphatic carbocycles. The third-order valence-corrected chi connectivity index (χ3v) is 2.73. The van der Waals surface area contributed by atoms with Crippen molar-refractivity contribution in [3.63, 3.8) is 0 Å². The van der Waals surface area contributed by atoms with E-state index in [-0.39, 0.29) is 11.9 Å². The van der Waals surface area contributed by atoms with Gasteiger partial charge in [0.15, 0.2) is 0 Å². The lowest BCUT2D eigenvalue weighted by Crippen LogP contribution is -2.43.